The van der Waals surface area contributed by atoms with Crippen LogP contribution >= 0.6 is 0 Å². The number of amides is 1. The molecular formula is C14H19F3N2O2. The third-order valence-corrected chi connectivity index (χ3v) is 2.84. The van der Waals surface area contributed by atoms with E-state index in [4.69, 9.17) is 0 Å². The highest BCUT2D eigenvalue weighted by Crippen LogP contribution is 2.24. The molecule has 4 nitrogen and oxygen atoms in total. The van der Waals surface area contributed by atoms with Gasteiger partial charge in [-0.3, -0.25) is 4.79 Å². The summed E-state index contributed by atoms with van der Waals surface area (Å²) in [5.74, 6) is -0.521. The van der Waals surface area contributed by atoms with E-state index in [0.717, 1.165) is 0 Å². The van der Waals surface area contributed by atoms with Gasteiger partial charge in [-0.15, -0.1) is 0 Å². The molecule has 1 unspecified atom stereocenters. The van der Waals surface area contributed by atoms with Gasteiger partial charge in [0.15, 0.2) is 0 Å². The summed E-state index contributed by atoms with van der Waals surface area (Å²) in [5, 5.41) is 14.4. The number of hydrogen-bond acceptors (Lipinski definition) is 3. The summed E-state index contributed by atoms with van der Waals surface area (Å²) in [5.41, 5.74) is 0.435. The lowest BCUT2D eigenvalue weighted by Crippen LogP contribution is -2.25. The van der Waals surface area contributed by atoms with Crippen LogP contribution in [0.25, 0.3) is 0 Å². The first-order valence-corrected chi connectivity index (χ1v) is 6.56. The van der Waals surface area contributed by atoms with Crippen LogP contribution in [0.1, 0.15) is 20.3 Å². The minimum Gasteiger partial charge on any atom is -0.392 e. The van der Waals surface area contributed by atoms with Crippen LogP contribution in [0.3, 0.4) is 0 Å². The van der Waals surface area contributed by atoms with E-state index in [-0.39, 0.29) is 23.7 Å². The number of halogens is 3. The Kier molecular flexibility index (Phi) is 6.02. The third kappa shape index (κ3) is 6.48. The number of para-hydroxylation sites is 2. The molecule has 0 aliphatic rings. The maximum Gasteiger partial charge on any atom is 0.405 e. The second kappa shape index (κ2) is 7.31. The lowest BCUT2D eigenvalue weighted by Gasteiger charge is -2.16. The fourth-order valence-electron chi connectivity index (χ4n) is 1.57. The molecule has 0 aliphatic carbocycles. The smallest absolute Gasteiger partial charge is 0.392 e. The molecule has 0 heterocycles. The van der Waals surface area contributed by atoms with Crippen molar-refractivity contribution >= 4 is 17.3 Å². The van der Waals surface area contributed by atoms with Crippen molar-refractivity contribution in [1.82, 2.24) is 0 Å². The first-order chi connectivity index (χ1) is 9.69. The first kappa shape index (κ1) is 17.3. The van der Waals surface area contributed by atoms with Crippen LogP contribution in [0, 0.1) is 5.92 Å². The number of carbonyl (C=O) groups is 1. The van der Waals surface area contributed by atoms with Gasteiger partial charge in [0.05, 0.1) is 23.9 Å². The van der Waals surface area contributed by atoms with Gasteiger partial charge < -0.3 is 15.7 Å². The summed E-state index contributed by atoms with van der Waals surface area (Å²) in [6, 6.07) is 6.11. The Bertz CT molecular complexity index is 476. The summed E-state index contributed by atoms with van der Waals surface area (Å²) < 4.78 is 36.6. The molecule has 0 saturated heterocycles. The Hall–Kier alpha value is -1.76. The average Bonchev–Trinajstić information content (AvgIpc) is 2.36. The predicted octanol–water partition coefficient (Wildman–Crippen LogP) is 3.01. The lowest BCUT2D eigenvalue weighted by molar-refractivity contribution is -0.118. The molecule has 0 aromatic heterocycles. The number of benzene rings is 1. The summed E-state index contributed by atoms with van der Waals surface area (Å²) in [6.07, 6.45) is -5.24. The van der Waals surface area contributed by atoms with Crippen LogP contribution in [-0.2, 0) is 4.79 Å². The minimum absolute atomic E-state index is 0.0747. The highest BCUT2D eigenvalue weighted by atomic mass is 19.4. The molecule has 1 amide bonds. The topological polar surface area (TPSA) is 61.4 Å². The van der Waals surface area contributed by atoms with Crippen LogP contribution in [0.5, 0.6) is 0 Å². The summed E-state index contributed by atoms with van der Waals surface area (Å²) in [4.78, 5) is 11.8. The molecule has 3 N–H and O–H groups in total. The fraction of sp³-hybridized carbons (Fsp3) is 0.500. The first-order valence-electron chi connectivity index (χ1n) is 6.56. The van der Waals surface area contributed by atoms with E-state index in [1.54, 1.807) is 26.0 Å². The Balaban J connectivity index is 2.68. The SMILES string of the molecule is CC(C)C(O)CC(=O)Nc1ccccc1NCC(F)(F)F. The lowest BCUT2D eigenvalue weighted by atomic mass is 10.0. The van der Waals surface area contributed by atoms with Crippen LogP contribution in [-0.4, -0.2) is 29.8 Å². The van der Waals surface area contributed by atoms with Crippen molar-refractivity contribution in [3.8, 4) is 0 Å². The molecule has 1 aromatic carbocycles. The molecule has 0 spiro atoms. The van der Waals surface area contributed by atoms with E-state index in [1.807, 2.05) is 0 Å². The van der Waals surface area contributed by atoms with E-state index < -0.39 is 24.7 Å². The van der Waals surface area contributed by atoms with Gasteiger partial charge in [-0.2, -0.15) is 13.2 Å². The molecule has 0 bridgehead atoms. The highest BCUT2D eigenvalue weighted by molar-refractivity contribution is 5.94. The molecular weight excluding hydrogens is 285 g/mol. The number of nitrogens with one attached hydrogen (secondary N) is 2. The zero-order valence-electron chi connectivity index (χ0n) is 11.9. The number of aliphatic hydroxyl groups is 1. The van der Waals surface area contributed by atoms with Gasteiger partial charge in [-0.05, 0) is 18.1 Å². The summed E-state index contributed by atoms with van der Waals surface area (Å²) >= 11 is 0. The van der Waals surface area contributed by atoms with E-state index in [2.05, 4.69) is 10.6 Å². The Labute approximate surface area is 121 Å². The van der Waals surface area contributed by atoms with Gasteiger partial charge in [-0.25, -0.2) is 0 Å². The van der Waals surface area contributed by atoms with Crippen molar-refractivity contribution in [3.05, 3.63) is 24.3 Å². The number of hydrogen-bond donors (Lipinski definition) is 3. The van der Waals surface area contributed by atoms with Crippen molar-refractivity contribution in [1.29, 1.82) is 0 Å². The van der Waals surface area contributed by atoms with Gasteiger partial charge >= 0.3 is 6.18 Å². The van der Waals surface area contributed by atoms with Crippen LogP contribution in [0.2, 0.25) is 0 Å². The molecule has 21 heavy (non-hydrogen) atoms. The van der Waals surface area contributed by atoms with Gasteiger partial charge in [0.25, 0.3) is 0 Å². The predicted molar refractivity (Wildman–Crippen MR) is 75.1 cm³/mol. The van der Waals surface area contributed by atoms with E-state index in [0.29, 0.717) is 0 Å². The number of carbonyl (C=O) groups excluding carboxylic acids is 1. The molecule has 0 saturated carbocycles. The molecule has 1 atom stereocenters. The summed E-state index contributed by atoms with van der Waals surface area (Å²) in [7, 11) is 0. The maximum absolute atomic E-state index is 12.2. The van der Waals surface area contributed by atoms with Gasteiger partial charge in [-0.1, -0.05) is 26.0 Å². The standard InChI is InChI=1S/C14H19F3N2O2/c1-9(2)12(20)7-13(21)19-11-6-4-3-5-10(11)18-8-14(15,16)17/h3-6,9,12,18,20H,7-8H2,1-2H3,(H,19,21). The molecule has 118 valence electrons. The molecule has 0 aliphatic heterocycles. The van der Waals surface area contributed by atoms with Gasteiger partial charge in [0, 0.05) is 0 Å². The van der Waals surface area contributed by atoms with Crippen molar-refractivity contribution in [2.45, 2.75) is 32.5 Å². The van der Waals surface area contributed by atoms with Gasteiger partial charge in [0.1, 0.15) is 6.54 Å². The maximum atomic E-state index is 12.2. The number of rotatable bonds is 6. The molecule has 0 fully saturated rings. The monoisotopic (exact) mass is 304 g/mol. The van der Waals surface area contributed by atoms with Crippen LogP contribution in [0.4, 0.5) is 24.5 Å². The van der Waals surface area contributed by atoms with Crippen LogP contribution in [0.15, 0.2) is 24.3 Å². The normalized spacial score (nSPS) is 13.1. The molecule has 0 radical (unpaired) electrons. The second-order valence-electron chi connectivity index (χ2n) is 5.08. The highest BCUT2D eigenvalue weighted by Gasteiger charge is 2.27. The zero-order valence-corrected chi connectivity index (χ0v) is 11.9. The zero-order chi connectivity index (χ0) is 16.0. The Morgan fingerprint density at radius 3 is 2.33 bits per heavy atom. The average molecular weight is 304 g/mol. The minimum atomic E-state index is -4.34. The van der Waals surface area contributed by atoms with Crippen molar-refractivity contribution < 1.29 is 23.1 Å². The summed E-state index contributed by atoms with van der Waals surface area (Å²) in [6.45, 7) is 2.36. The number of aliphatic hydroxyl groups excluding tert-OH is 1. The van der Waals surface area contributed by atoms with Crippen molar-refractivity contribution in [3.63, 3.8) is 0 Å². The Morgan fingerprint density at radius 1 is 1.24 bits per heavy atom. The van der Waals surface area contributed by atoms with E-state index in [1.165, 1.54) is 12.1 Å². The fourth-order valence-corrected chi connectivity index (χ4v) is 1.57. The third-order valence-electron chi connectivity index (χ3n) is 2.84. The molecule has 1 rings (SSSR count). The van der Waals surface area contributed by atoms with E-state index >= 15 is 0 Å². The van der Waals surface area contributed by atoms with Crippen molar-refractivity contribution in [2.24, 2.45) is 5.92 Å². The largest absolute Gasteiger partial charge is 0.405 e. The number of anilines is 2. The quantitative estimate of drug-likeness (QED) is 0.757. The van der Waals surface area contributed by atoms with Gasteiger partial charge in [0.2, 0.25) is 5.91 Å². The Morgan fingerprint density at radius 2 is 1.81 bits per heavy atom. The van der Waals surface area contributed by atoms with Crippen LogP contribution < -0.4 is 10.6 Å². The van der Waals surface area contributed by atoms with Crippen molar-refractivity contribution in [2.75, 3.05) is 17.2 Å². The van der Waals surface area contributed by atoms with E-state index in [9.17, 15) is 23.1 Å². The molecule has 7 heteroatoms. The number of alkyl halides is 3. The molecule has 1 aromatic rings. The second-order valence-corrected chi connectivity index (χ2v) is 5.08.